The normalized spacial score (nSPS) is 11.6. The number of nitrogens with zero attached hydrogens (tertiary/aromatic N) is 1. The Hall–Kier alpha value is -3.91. The molecule has 0 spiro atoms. The number of H-pyrrole nitrogens is 1. The molecular weight excluding hydrogens is 479 g/mol. The summed E-state index contributed by atoms with van der Waals surface area (Å²) >= 11 is 0. The zero-order chi connectivity index (χ0) is 24.8. The van der Waals surface area contributed by atoms with Crippen molar-refractivity contribution in [1.29, 1.82) is 0 Å². The summed E-state index contributed by atoms with van der Waals surface area (Å²) in [6.07, 6.45) is -5.23. The van der Waals surface area contributed by atoms with E-state index in [1.807, 2.05) is 30.3 Å². The molecule has 0 saturated carbocycles. The molecule has 0 aliphatic rings. The fourth-order valence-electron chi connectivity index (χ4n) is 2.65. The first-order valence-corrected chi connectivity index (χ1v) is 11.1. The van der Waals surface area contributed by atoms with E-state index in [1.54, 1.807) is 0 Å². The molecule has 0 fully saturated rings. The van der Waals surface area contributed by atoms with Gasteiger partial charge < -0.3 is 4.74 Å². The predicted molar refractivity (Wildman–Crippen MR) is 113 cm³/mol. The minimum absolute atomic E-state index is 0.0952. The summed E-state index contributed by atoms with van der Waals surface area (Å²) in [5.74, 6) is -1.92. The number of alkyl halides is 3. The van der Waals surface area contributed by atoms with Crippen LogP contribution in [0.1, 0.15) is 16.9 Å². The lowest BCUT2D eigenvalue weighted by molar-refractivity contribution is -0.274. The number of aromatic amines is 1. The molecule has 0 radical (unpaired) electrons. The van der Waals surface area contributed by atoms with Gasteiger partial charge in [-0.3, -0.25) is 25.5 Å². The van der Waals surface area contributed by atoms with Crippen molar-refractivity contribution in [3.8, 4) is 17.0 Å². The summed E-state index contributed by atoms with van der Waals surface area (Å²) in [6.45, 7) is -0.326. The van der Waals surface area contributed by atoms with Gasteiger partial charge in [0.2, 0.25) is 15.9 Å². The van der Waals surface area contributed by atoms with E-state index in [9.17, 15) is 31.2 Å². The Morgan fingerprint density at radius 1 is 1.00 bits per heavy atom. The van der Waals surface area contributed by atoms with Crippen LogP contribution in [0.5, 0.6) is 5.75 Å². The molecule has 2 amide bonds. The van der Waals surface area contributed by atoms with E-state index in [2.05, 4.69) is 30.5 Å². The highest BCUT2D eigenvalue weighted by Crippen LogP contribution is 2.23. The molecule has 0 bridgehead atoms. The van der Waals surface area contributed by atoms with Crippen LogP contribution >= 0.6 is 0 Å². The van der Waals surface area contributed by atoms with Gasteiger partial charge in [-0.05, 0) is 30.3 Å². The van der Waals surface area contributed by atoms with E-state index in [4.69, 9.17) is 0 Å². The number of hydrogen-bond acceptors (Lipinski definition) is 6. The van der Waals surface area contributed by atoms with Crippen LogP contribution in [0.15, 0.2) is 65.6 Å². The van der Waals surface area contributed by atoms with Gasteiger partial charge in [0.1, 0.15) is 11.4 Å². The number of carbonyl (C=O) groups is 2. The minimum Gasteiger partial charge on any atom is -0.406 e. The van der Waals surface area contributed by atoms with Gasteiger partial charge >= 0.3 is 6.36 Å². The van der Waals surface area contributed by atoms with Crippen LogP contribution < -0.4 is 20.3 Å². The Morgan fingerprint density at radius 2 is 1.68 bits per heavy atom. The predicted octanol–water partition coefficient (Wildman–Crippen LogP) is 2.10. The van der Waals surface area contributed by atoms with Gasteiger partial charge in [-0.1, -0.05) is 30.3 Å². The van der Waals surface area contributed by atoms with Gasteiger partial charge in [-0.15, -0.1) is 13.2 Å². The number of benzene rings is 2. The number of sulfonamides is 1. The second-order valence-corrected chi connectivity index (χ2v) is 8.47. The second-order valence-electron chi connectivity index (χ2n) is 6.70. The summed E-state index contributed by atoms with van der Waals surface area (Å²) in [7, 11) is -4.08. The minimum atomic E-state index is -4.90. The van der Waals surface area contributed by atoms with Gasteiger partial charge in [-0.25, -0.2) is 13.1 Å². The Morgan fingerprint density at radius 3 is 2.32 bits per heavy atom. The van der Waals surface area contributed by atoms with Crippen molar-refractivity contribution in [2.24, 2.45) is 0 Å². The Bertz CT molecular complexity index is 1250. The molecule has 2 aromatic carbocycles. The van der Waals surface area contributed by atoms with E-state index in [0.717, 1.165) is 29.8 Å². The number of halogens is 3. The SMILES string of the molecule is O=C(CCNS(=O)(=O)c1ccc(OC(F)(F)F)cc1)NNC(=O)c1cc(-c2ccccc2)n[nH]1. The van der Waals surface area contributed by atoms with Gasteiger partial charge in [0, 0.05) is 18.5 Å². The molecule has 180 valence electrons. The Kier molecular flexibility index (Phi) is 7.53. The number of hydrazine groups is 1. The fraction of sp³-hybridized carbons (Fsp3) is 0.150. The topological polar surface area (TPSA) is 142 Å². The average molecular weight is 497 g/mol. The highest BCUT2D eigenvalue weighted by atomic mass is 32.2. The number of nitrogens with one attached hydrogen (secondary N) is 4. The third kappa shape index (κ3) is 7.05. The van der Waals surface area contributed by atoms with E-state index in [0.29, 0.717) is 5.69 Å². The van der Waals surface area contributed by atoms with E-state index in [-0.39, 0.29) is 23.6 Å². The second kappa shape index (κ2) is 10.4. The van der Waals surface area contributed by atoms with Crippen LogP contribution in [0.3, 0.4) is 0 Å². The van der Waals surface area contributed by atoms with Gasteiger partial charge in [0.25, 0.3) is 5.91 Å². The summed E-state index contributed by atoms with van der Waals surface area (Å²) in [4.78, 5) is 23.7. The molecule has 0 aliphatic heterocycles. The number of hydrogen-bond donors (Lipinski definition) is 4. The smallest absolute Gasteiger partial charge is 0.406 e. The van der Waals surface area contributed by atoms with Crippen molar-refractivity contribution < 1.29 is 35.9 Å². The Balaban J connectivity index is 1.44. The number of ether oxygens (including phenoxy) is 1. The Labute approximate surface area is 191 Å². The molecule has 0 saturated heterocycles. The summed E-state index contributed by atoms with van der Waals surface area (Å²) in [5.41, 5.74) is 5.73. The molecule has 1 heterocycles. The summed E-state index contributed by atoms with van der Waals surface area (Å²) < 4.78 is 66.7. The van der Waals surface area contributed by atoms with Gasteiger partial charge in [0.15, 0.2) is 0 Å². The first-order chi connectivity index (χ1) is 16.0. The largest absolute Gasteiger partial charge is 0.573 e. The van der Waals surface area contributed by atoms with Crippen LogP contribution in [0, 0.1) is 0 Å². The zero-order valence-corrected chi connectivity index (χ0v) is 18.0. The molecule has 10 nitrogen and oxygen atoms in total. The number of carbonyl (C=O) groups excluding carboxylic acids is 2. The number of amides is 2. The molecule has 34 heavy (non-hydrogen) atoms. The number of aromatic nitrogens is 2. The van der Waals surface area contributed by atoms with E-state index < -0.39 is 33.9 Å². The molecule has 0 aliphatic carbocycles. The lowest BCUT2D eigenvalue weighted by Crippen LogP contribution is -2.43. The first-order valence-electron chi connectivity index (χ1n) is 9.59. The van der Waals surface area contributed by atoms with Crippen molar-refractivity contribution in [2.75, 3.05) is 6.54 Å². The van der Waals surface area contributed by atoms with Crippen LogP contribution in [-0.2, 0) is 14.8 Å². The van der Waals surface area contributed by atoms with Gasteiger partial charge in [-0.2, -0.15) is 5.10 Å². The lowest BCUT2D eigenvalue weighted by atomic mass is 10.1. The van der Waals surface area contributed by atoms with Crippen molar-refractivity contribution in [2.45, 2.75) is 17.7 Å². The van der Waals surface area contributed by atoms with E-state index >= 15 is 0 Å². The summed E-state index contributed by atoms with van der Waals surface area (Å²) in [5, 5.41) is 6.57. The first kappa shape index (κ1) is 24.7. The maximum absolute atomic E-state index is 12.2. The molecule has 14 heteroatoms. The quantitative estimate of drug-likeness (QED) is 0.351. The maximum Gasteiger partial charge on any atom is 0.573 e. The monoisotopic (exact) mass is 497 g/mol. The van der Waals surface area contributed by atoms with Crippen molar-refractivity contribution >= 4 is 21.8 Å². The fourth-order valence-corrected chi connectivity index (χ4v) is 3.69. The molecule has 0 unspecified atom stereocenters. The molecule has 0 atom stereocenters. The molecule has 3 rings (SSSR count). The highest BCUT2D eigenvalue weighted by molar-refractivity contribution is 7.89. The standard InChI is InChI=1S/C20H18F3N5O5S/c21-20(22,23)33-14-6-8-15(9-7-14)34(31,32)24-11-10-18(29)27-28-19(30)17-12-16(25-26-17)13-4-2-1-3-5-13/h1-9,12,24H,10-11H2,(H,25,26)(H,27,29)(H,28,30). The molecule has 3 aromatic rings. The van der Waals surface area contributed by atoms with Crippen LogP contribution in [0.25, 0.3) is 11.3 Å². The lowest BCUT2D eigenvalue weighted by Gasteiger charge is -2.10. The third-order valence-corrected chi connectivity index (χ3v) is 5.70. The van der Waals surface area contributed by atoms with Crippen LogP contribution in [0.4, 0.5) is 13.2 Å². The maximum atomic E-state index is 12.2. The molecular formula is C20H18F3N5O5S. The van der Waals surface area contributed by atoms with Crippen LogP contribution in [-0.4, -0.2) is 43.3 Å². The zero-order valence-electron chi connectivity index (χ0n) is 17.2. The van der Waals surface area contributed by atoms with Crippen molar-refractivity contribution in [3.05, 3.63) is 66.4 Å². The highest BCUT2D eigenvalue weighted by Gasteiger charge is 2.31. The molecule has 4 N–H and O–H groups in total. The van der Waals surface area contributed by atoms with Crippen molar-refractivity contribution in [3.63, 3.8) is 0 Å². The van der Waals surface area contributed by atoms with Gasteiger partial charge in [0.05, 0.1) is 10.6 Å². The average Bonchev–Trinajstić information content (AvgIpc) is 3.28. The third-order valence-electron chi connectivity index (χ3n) is 4.22. The number of rotatable bonds is 8. The van der Waals surface area contributed by atoms with E-state index in [1.165, 1.54) is 6.07 Å². The summed E-state index contributed by atoms with van der Waals surface area (Å²) in [6, 6.07) is 14.1. The van der Waals surface area contributed by atoms with Crippen molar-refractivity contribution in [1.82, 2.24) is 25.8 Å². The molecule has 1 aromatic heterocycles. The van der Waals surface area contributed by atoms with Crippen LogP contribution in [0.2, 0.25) is 0 Å².